The summed E-state index contributed by atoms with van der Waals surface area (Å²) in [6.45, 7) is 10.5. The molecule has 1 heterocycles. The number of halogens is 2. The van der Waals surface area contributed by atoms with Crippen LogP contribution in [0.4, 0.5) is 14.6 Å². The normalized spacial score (nSPS) is 15.7. The summed E-state index contributed by atoms with van der Waals surface area (Å²) in [5, 5.41) is 24.5. The molecule has 37 heavy (non-hydrogen) atoms. The van der Waals surface area contributed by atoms with Gasteiger partial charge in [0.15, 0.2) is 5.75 Å². The molecule has 7 nitrogen and oxygen atoms in total. The summed E-state index contributed by atoms with van der Waals surface area (Å²) in [5.41, 5.74) is 4.93. The SMILES string of the molecule is C1CCC1.C=C.C[C@H]1CCN(Sc2ccc(OF)cc2)C1.N#Cc1cc(C(=N)CC(=O)O)c(N)cc1F. The van der Waals surface area contributed by atoms with Gasteiger partial charge in [0.1, 0.15) is 11.9 Å². The van der Waals surface area contributed by atoms with E-state index < -0.39 is 18.2 Å². The van der Waals surface area contributed by atoms with Crippen molar-refractivity contribution in [3.63, 3.8) is 0 Å². The Morgan fingerprint density at radius 3 is 2.30 bits per heavy atom. The Hall–Kier alpha value is -3.42. The second kappa shape index (κ2) is 17.1. The second-order valence-electron chi connectivity index (χ2n) is 8.42. The summed E-state index contributed by atoms with van der Waals surface area (Å²) in [6.07, 6.45) is 6.74. The van der Waals surface area contributed by atoms with Gasteiger partial charge in [0.05, 0.1) is 17.7 Å². The predicted octanol–water partition coefficient (Wildman–Crippen LogP) is 6.78. The highest BCUT2D eigenvalue weighted by molar-refractivity contribution is 7.97. The van der Waals surface area contributed by atoms with Crippen molar-refractivity contribution in [2.45, 2.75) is 50.3 Å². The van der Waals surface area contributed by atoms with Crippen molar-refractivity contribution in [3.05, 3.63) is 66.5 Å². The van der Waals surface area contributed by atoms with E-state index in [4.69, 9.17) is 21.5 Å². The molecule has 4 N–H and O–H groups in total. The van der Waals surface area contributed by atoms with Crippen LogP contribution in [0.15, 0.2) is 54.5 Å². The highest BCUT2D eigenvalue weighted by Gasteiger charge is 2.19. The number of benzene rings is 2. The lowest BCUT2D eigenvalue weighted by Gasteiger charge is -2.13. The Morgan fingerprint density at radius 1 is 1.27 bits per heavy atom. The average molecular weight is 533 g/mol. The number of carbonyl (C=O) groups is 1. The van der Waals surface area contributed by atoms with Gasteiger partial charge >= 0.3 is 5.97 Å². The molecule has 0 spiro atoms. The Kier molecular flexibility index (Phi) is 14.6. The minimum Gasteiger partial charge on any atom is -0.481 e. The molecule has 0 bridgehead atoms. The zero-order chi connectivity index (χ0) is 27.8. The molecule has 1 aliphatic carbocycles. The molecular formula is C27H34F2N4O3S. The topological polar surface area (TPSA) is 123 Å². The molecule has 0 aromatic heterocycles. The van der Waals surface area contributed by atoms with E-state index in [9.17, 15) is 13.7 Å². The molecule has 1 aliphatic heterocycles. The molecule has 10 heteroatoms. The average Bonchev–Trinajstić information content (AvgIpc) is 3.24. The van der Waals surface area contributed by atoms with E-state index in [-0.39, 0.29) is 28.3 Å². The van der Waals surface area contributed by atoms with Gasteiger partial charge in [-0.15, -0.1) is 13.2 Å². The lowest BCUT2D eigenvalue weighted by Crippen LogP contribution is -2.10. The first kappa shape index (κ1) is 31.6. The van der Waals surface area contributed by atoms with Crippen LogP contribution in [0.25, 0.3) is 0 Å². The summed E-state index contributed by atoms with van der Waals surface area (Å²) >= 11 is 1.73. The summed E-state index contributed by atoms with van der Waals surface area (Å²) in [6, 6.07) is 10.6. The number of rotatable bonds is 6. The fourth-order valence-corrected chi connectivity index (χ4v) is 4.19. The van der Waals surface area contributed by atoms with Crippen LogP contribution in [0, 0.1) is 28.5 Å². The number of carboxylic acids is 1. The Balaban J connectivity index is 0.000000303. The molecule has 1 atom stereocenters. The number of nitrogens with two attached hydrogens (primary N) is 1. The third-order valence-electron chi connectivity index (χ3n) is 5.45. The van der Waals surface area contributed by atoms with Crippen molar-refractivity contribution in [2.75, 3.05) is 18.8 Å². The van der Waals surface area contributed by atoms with E-state index in [1.165, 1.54) is 32.1 Å². The van der Waals surface area contributed by atoms with Gasteiger partial charge in [-0.3, -0.25) is 9.74 Å². The quantitative estimate of drug-likeness (QED) is 0.162. The van der Waals surface area contributed by atoms with Crippen LogP contribution in [-0.4, -0.2) is 34.2 Å². The summed E-state index contributed by atoms with van der Waals surface area (Å²) < 4.78 is 27.2. The van der Waals surface area contributed by atoms with Crippen molar-refractivity contribution in [3.8, 4) is 11.8 Å². The van der Waals surface area contributed by atoms with E-state index in [1.54, 1.807) is 30.1 Å². The van der Waals surface area contributed by atoms with Gasteiger partial charge < -0.3 is 16.2 Å². The fraction of sp³-hybridized carbons (Fsp3) is 0.370. The summed E-state index contributed by atoms with van der Waals surface area (Å²) in [4.78, 5) is 15.2. The van der Waals surface area contributed by atoms with Gasteiger partial charge in [0.25, 0.3) is 0 Å². The molecule has 2 aromatic rings. The number of nitriles is 1. The lowest BCUT2D eigenvalue weighted by atomic mass is 10.0. The van der Waals surface area contributed by atoms with Crippen LogP contribution in [-0.2, 0) is 4.79 Å². The minimum absolute atomic E-state index is 0.0530. The number of hydrogen-bond acceptors (Lipinski definition) is 7. The van der Waals surface area contributed by atoms with Crippen LogP contribution in [0.1, 0.15) is 56.6 Å². The highest BCUT2D eigenvalue weighted by Crippen LogP contribution is 2.30. The first-order chi connectivity index (χ1) is 17.7. The number of anilines is 1. The van der Waals surface area contributed by atoms with Gasteiger partial charge in [-0.2, -0.15) is 5.26 Å². The zero-order valence-corrected chi connectivity index (χ0v) is 21.8. The van der Waals surface area contributed by atoms with E-state index in [0.29, 0.717) is 0 Å². The van der Waals surface area contributed by atoms with Gasteiger partial charge in [0, 0.05) is 33.8 Å². The first-order valence-electron chi connectivity index (χ1n) is 11.8. The van der Waals surface area contributed by atoms with Crippen LogP contribution in [0.5, 0.6) is 5.75 Å². The number of nitrogens with one attached hydrogen (secondary N) is 1. The van der Waals surface area contributed by atoms with Crippen molar-refractivity contribution < 1.29 is 23.8 Å². The lowest BCUT2D eigenvalue weighted by molar-refractivity contribution is -0.135. The van der Waals surface area contributed by atoms with Crippen molar-refractivity contribution in [1.29, 1.82) is 10.7 Å². The maximum atomic E-state index is 13.1. The molecule has 1 saturated heterocycles. The molecule has 0 unspecified atom stereocenters. The number of nitrogen functional groups attached to an aromatic ring is 1. The Labute approximate surface area is 221 Å². The predicted molar refractivity (Wildman–Crippen MR) is 144 cm³/mol. The Morgan fingerprint density at radius 2 is 1.86 bits per heavy atom. The van der Waals surface area contributed by atoms with Crippen molar-refractivity contribution >= 4 is 29.3 Å². The van der Waals surface area contributed by atoms with Gasteiger partial charge in [-0.1, -0.05) is 32.6 Å². The van der Waals surface area contributed by atoms with Gasteiger partial charge in [0.2, 0.25) is 0 Å². The number of nitrogens with zero attached hydrogens (tertiary/aromatic N) is 2. The third-order valence-corrected chi connectivity index (χ3v) is 6.52. The van der Waals surface area contributed by atoms with Crippen LogP contribution < -0.4 is 10.7 Å². The first-order valence-corrected chi connectivity index (χ1v) is 12.6. The number of carboxylic acid groups (broad SMARTS) is 1. The van der Waals surface area contributed by atoms with E-state index >= 15 is 0 Å². The van der Waals surface area contributed by atoms with Crippen LogP contribution >= 0.6 is 11.9 Å². The molecule has 0 amide bonds. The van der Waals surface area contributed by atoms with E-state index in [1.807, 2.05) is 12.1 Å². The zero-order valence-electron chi connectivity index (χ0n) is 21.0. The van der Waals surface area contributed by atoms with Crippen LogP contribution in [0.2, 0.25) is 0 Å². The smallest absolute Gasteiger partial charge is 0.309 e. The number of aliphatic carboxylic acids is 1. The molecule has 2 aliphatic rings. The Bertz CT molecular complexity index is 1050. The number of hydrogen-bond donors (Lipinski definition) is 3. The molecule has 4 rings (SSSR count). The van der Waals surface area contributed by atoms with Gasteiger partial charge in [-0.25, -0.2) is 8.70 Å². The van der Waals surface area contributed by atoms with E-state index in [2.05, 4.69) is 29.3 Å². The fourth-order valence-electron chi connectivity index (χ4n) is 3.11. The third kappa shape index (κ3) is 11.5. The molecule has 2 aromatic carbocycles. The van der Waals surface area contributed by atoms with Crippen molar-refractivity contribution in [1.82, 2.24) is 4.31 Å². The molecule has 2 fully saturated rings. The van der Waals surface area contributed by atoms with Gasteiger partial charge in [-0.05, 0) is 60.7 Å². The second-order valence-corrected chi connectivity index (χ2v) is 9.59. The molecule has 1 saturated carbocycles. The summed E-state index contributed by atoms with van der Waals surface area (Å²) in [5.74, 6) is -0.931. The van der Waals surface area contributed by atoms with E-state index in [0.717, 1.165) is 36.0 Å². The monoisotopic (exact) mass is 532 g/mol. The largest absolute Gasteiger partial charge is 0.481 e. The summed E-state index contributed by atoms with van der Waals surface area (Å²) in [7, 11) is 0. The molecule has 200 valence electrons. The minimum atomic E-state index is -1.19. The maximum absolute atomic E-state index is 13.1. The standard InChI is InChI=1S/C11H14FNOS.C10H8FN3O2.C4H8.C2H4/c1-9-6-7-13(8-9)15-11-4-2-10(14-12)3-5-11;11-7-2-8(13)6(1-5(7)4-12)9(14)3-10(15)16;1-2-4-3-1;1-2/h2-5,9H,6-8H2,1H3;1-2,14H,3,13H2,(H,15,16);1-4H2;1-2H2/t9-;;;/m0.../s1. The highest BCUT2D eigenvalue weighted by atomic mass is 32.2. The molecular weight excluding hydrogens is 498 g/mol. The van der Waals surface area contributed by atoms with Crippen LogP contribution in [0.3, 0.4) is 0 Å². The van der Waals surface area contributed by atoms with Crippen molar-refractivity contribution in [2.24, 2.45) is 5.92 Å². The molecule has 0 radical (unpaired) electrons. The maximum Gasteiger partial charge on any atom is 0.309 e.